The lowest BCUT2D eigenvalue weighted by Crippen LogP contribution is -2.61. The fraction of sp³-hybridized carbons (Fsp3) is 0.667. The second-order valence-corrected chi connectivity index (χ2v) is 17.9. The molecule has 0 unspecified atom stereocenters. The molecule has 0 saturated carbocycles. The van der Waals surface area contributed by atoms with Crippen molar-refractivity contribution in [2.45, 2.75) is 167 Å². The van der Waals surface area contributed by atoms with Crippen LogP contribution in [0, 0.1) is 5.92 Å². The van der Waals surface area contributed by atoms with E-state index in [1.165, 1.54) is 27.7 Å². The van der Waals surface area contributed by atoms with Gasteiger partial charge in [0.25, 0.3) is 0 Å². The maximum absolute atomic E-state index is 14.1. The summed E-state index contributed by atoms with van der Waals surface area (Å²) in [5.41, 5.74) is 27.1. The number of carboxylic acids is 1. The predicted molar refractivity (Wildman–Crippen MR) is 270 cm³/mol. The minimum Gasteiger partial charge on any atom is -0.480 e. The summed E-state index contributed by atoms with van der Waals surface area (Å²) in [7, 11) is 0. The third-order valence-corrected chi connectivity index (χ3v) is 11.1. The van der Waals surface area contributed by atoms with Crippen molar-refractivity contribution in [1.82, 2.24) is 53.2 Å². The van der Waals surface area contributed by atoms with Gasteiger partial charge in [-0.3, -0.25) is 72.1 Å². The minimum atomic E-state index is -1.93. The van der Waals surface area contributed by atoms with Gasteiger partial charge in [-0.15, -0.1) is 0 Å². The van der Waals surface area contributed by atoms with E-state index in [1.807, 2.05) is 0 Å². The molecule has 428 valence electrons. The molecular weight excluding hydrogens is 1000 g/mol. The van der Waals surface area contributed by atoms with E-state index in [9.17, 15) is 72.2 Å². The molecule has 0 aliphatic heterocycles. The summed E-state index contributed by atoms with van der Waals surface area (Å²) in [6.45, 7) is 8.53. The molecule has 0 radical (unpaired) electrons. The average Bonchev–Trinajstić information content (AvgIpc) is 3.30. The van der Waals surface area contributed by atoms with E-state index in [0.29, 0.717) is 12.8 Å². The van der Waals surface area contributed by atoms with Gasteiger partial charge >= 0.3 is 5.97 Å². The van der Waals surface area contributed by atoms with Gasteiger partial charge in [-0.05, 0) is 64.2 Å². The van der Waals surface area contributed by atoms with Gasteiger partial charge in [-0.1, -0.05) is 20.3 Å². The molecule has 0 spiro atoms. The number of guanidine groups is 1. The number of amides is 13. The Morgan fingerprint density at radius 3 is 1.11 bits per heavy atom. The van der Waals surface area contributed by atoms with Crippen molar-refractivity contribution >= 4 is 88.7 Å². The summed E-state index contributed by atoms with van der Waals surface area (Å²) in [5.74, 6) is -14.5. The number of nitrogens with zero attached hydrogens (tertiary/aromatic N) is 1. The molecule has 0 bridgehead atoms. The van der Waals surface area contributed by atoms with E-state index in [0.717, 1.165) is 0 Å². The summed E-state index contributed by atoms with van der Waals surface area (Å²) < 4.78 is 0. The van der Waals surface area contributed by atoms with Crippen LogP contribution in [0.4, 0.5) is 0 Å². The number of nitrogens with one attached hydrogen (secondary N) is 10. The number of aliphatic imine (C=N–C) groups is 1. The number of carbonyl (C=O) groups excluding carboxylic acids is 13. The molecule has 13 amide bonds. The van der Waals surface area contributed by atoms with Gasteiger partial charge in [0.1, 0.15) is 48.3 Å². The summed E-state index contributed by atoms with van der Waals surface area (Å²) in [5, 5.41) is 33.3. The fourth-order valence-electron chi connectivity index (χ4n) is 6.94. The maximum atomic E-state index is 14.1. The first-order valence-corrected chi connectivity index (χ1v) is 24.5. The zero-order valence-corrected chi connectivity index (χ0v) is 43.8. The standard InChI is InChI=1S/C45H78N16O15/c1-7-22(2)36(43(74)54-23(3)44(75)76)61-42(73)32(21-35(48)67)60-41(72)31(20-34(47)66)59-38(69)28(14-9-11-17-52-25(5)63)57-40(71)30(19-33(46)65)58-39(70)29(15-12-18-53-45(49)50)56-37(68)27(55-26(6)64)13-8-10-16-51-24(4)62/h22-23,27-32,36H,7-21H2,1-6H3,(H2,46,65)(H2,47,66)(H2,48,67)(H,51,62)(H,52,63)(H,54,74)(H,55,64)(H,56,68)(H,57,71)(H,58,70)(H,59,69)(H,60,72)(H,61,73)(H,75,76)(H4,49,50,53)/t22-,23-,27-,28-,29-,30-,31-,32-,36-/m0/s1. The number of rotatable bonds is 38. The molecule has 0 aromatic carbocycles. The van der Waals surface area contributed by atoms with Crippen LogP contribution in [0.3, 0.4) is 0 Å². The van der Waals surface area contributed by atoms with Crippen LogP contribution in [0.15, 0.2) is 4.99 Å². The molecule has 9 atom stereocenters. The largest absolute Gasteiger partial charge is 0.480 e. The van der Waals surface area contributed by atoms with Crippen LogP contribution in [0.25, 0.3) is 0 Å². The third-order valence-electron chi connectivity index (χ3n) is 11.1. The number of hydrogen-bond acceptors (Lipinski definition) is 15. The van der Waals surface area contributed by atoms with Crippen LogP contribution >= 0.6 is 0 Å². The van der Waals surface area contributed by atoms with E-state index in [1.54, 1.807) is 13.8 Å². The summed E-state index contributed by atoms with van der Waals surface area (Å²) in [4.78, 5) is 183. The molecule has 0 saturated heterocycles. The Kier molecular flexibility index (Phi) is 32.1. The molecule has 0 aliphatic carbocycles. The van der Waals surface area contributed by atoms with Crippen molar-refractivity contribution in [3.05, 3.63) is 0 Å². The Morgan fingerprint density at radius 1 is 0.434 bits per heavy atom. The molecule has 0 fully saturated rings. The highest BCUT2D eigenvalue weighted by Gasteiger charge is 2.36. The average molecular weight is 1080 g/mol. The smallest absolute Gasteiger partial charge is 0.325 e. The topological polar surface area (TPSA) is 522 Å². The predicted octanol–water partition coefficient (Wildman–Crippen LogP) is -6.67. The Balaban J connectivity index is 6.95. The molecule has 0 rings (SSSR count). The lowest BCUT2D eigenvalue weighted by molar-refractivity contribution is -0.142. The molecule has 31 heteroatoms. The summed E-state index contributed by atoms with van der Waals surface area (Å²) >= 11 is 0. The van der Waals surface area contributed by atoms with Gasteiger partial charge in [0.15, 0.2) is 5.96 Å². The Hall–Kier alpha value is -8.15. The molecule has 0 aromatic heterocycles. The quantitative estimate of drug-likeness (QED) is 0.0155. The van der Waals surface area contributed by atoms with Crippen molar-refractivity contribution in [1.29, 1.82) is 0 Å². The highest BCUT2D eigenvalue weighted by molar-refractivity contribution is 6.00. The van der Waals surface area contributed by atoms with E-state index in [2.05, 4.69) is 58.2 Å². The van der Waals surface area contributed by atoms with Crippen LogP contribution in [0.1, 0.15) is 119 Å². The second kappa shape index (κ2) is 35.9. The SMILES string of the molecule is CC[C@H](C)[C@H](NC(=O)[C@H](CC(N)=O)NC(=O)[C@H](CC(N)=O)NC(=O)[C@H](CCCCNC(C)=O)NC(=O)[C@H](CC(N)=O)NC(=O)[C@H](CCCN=C(N)N)NC(=O)[C@H](CCCCNC(C)=O)NC(C)=O)C(=O)N[C@@H](C)C(=O)O. The summed E-state index contributed by atoms with van der Waals surface area (Å²) in [6.07, 6.45) is -1.60. The number of hydrogen-bond donors (Lipinski definition) is 16. The van der Waals surface area contributed by atoms with Crippen molar-refractivity contribution in [2.24, 2.45) is 39.6 Å². The van der Waals surface area contributed by atoms with Crippen molar-refractivity contribution in [2.75, 3.05) is 19.6 Å². The Labute approximate surface area is 439 Å². The molecular formula is C45H78N16O15. The van der Waals surface area contributed by atoms with Crippen LogP contribution < -0.4 is 81.8 Å². The molecule has 31 nitrogen and oxygen atoms in total. The lowest BCUT2D eigenvalue weighted by atomic mass is 9.97. The number of primary amides is 3. The van der Waals surface area contributed by atoms with Gasteiger partial charge in [-0.2, -0.15) is 0 Å². The zero-order valence-electron chi connectivity index (χ0n) is 43.8. The lowest BCUT2D eigenvalue weighted by Gasteiger charge is -2.28. The van der Waals surface area contributed by atoms with Crippen molar-refractivity contribution in [3.8, 4) is 0 Å². The van der Waals surface area contributed by atoms with Crippen LogP contribution in [-0.4, -0.2) is 162 Å². The third kappa shape index (κ3) is 29.5. The normalized spacial score (nSPS) is 14.2. The highest BCUT2D eigenvalue weighted by atomic mass is 16.4. The van der Waals surface area contributed by atoms with Gasteiger partial charge in [0.2, 0.25) is 76.8 Å². The number of carbonyl (C=O) groups is 14. The first-order chi connectivity index (χ1) is 35.5. The number of nitrogens with two attached hydrogens (primary N) is 5. The number of aliphatic carboxylic acids is 1. The van der Waals surface area contributed by atoms with Gasteiger partial charge in [0.05, 0.1) is 19.3 Å². The van der Waals surface area contributed by atoms with Crippen LogP contribution in [0.5, 0.6) is 0 Å². The number of unbranched alkanes of at least 4 members (excludes halogenated alkanes) is 2. The first-order valence-electron chi connectivity index (χ1n) is 24.5. The van der Waals surface area contributed by atoms with Gasteiger partial charge in [-0.25, -0.2) is 0 Å². The van der Waals surface area contributed by atoms with Gasteiger partial charge < -0.3 is 86.9 Å². The molecule has 0 aliphatic rings. The van der Waals surface area contributed by atoms with Crippen LogP contribution in [-0.2, 0) is 67.1 Å². The summed E-state index contributed by atoms with van der Waals surface area (Å²) in [6, 6.07) is -12.7. The monoisotopic (exact) mass is 1080 g/mol. The Bertz CT molecular complexity index is 2100. The van der Waals surface area contributed by atoms with Crippen molar-refractivity contribution < 1.29 is 72.2 Å². The molecule has 0 heterocycles. The zero-order chi connectivity index (χ0) is 58.2. The van der Waals surface area contributed by atoms with E-state index >= 15 is 0 Å². The Morgan fingerprint density at radius 2 is 0.776 bits per heavy atom. The first kappa shape index (κ1) is 67.8. The maximum Gasteiger partial charge on any atom is 0.325 e. The highest BCUT2D eigenvalue weighted by Crippen LogP contribution is 2.12. The second-order valence-electron chi connectivity index (χ2n) is 17.9. The van der Waals surface area contributed by atoms with E-state index < -0.39 is 144 Å². The fourth-order valence-corrected chi connectivity index (χ4v) is 6.94. The number of carboxylic acid groups (broad SMARTS) is 1. The van der Waals surface area contributed by atoms with E-state index in [4.69, 9.17) is 28.7 Å². The van der Waals surface area contributed by atoms with Crippen LogP contribution in [0.2, 0.25) is 0 Å². The molecule has 21 N–H and O–H groups in total. The van der Waals surface area contributed by atoms with Gasteiger partial charge in [0, 0.05) is 40.4 Å². The van der Waals surface area contributed by atoms with E-state index in [-0.39, 0.29) is 82.4 Å². The van der Waals surface area contributed by atoms with Crippen molar-refractivity contribution in [3.63, 3.8) is 0 Å². The molecule has 76 heavy (non-hydrogen) atoms. The molecule has 0 aromatic rings. The minimum absolute atomic E-state index is 0.0229.